The van der Waals surface area contributed by atoms with E-state index in [-0.39, 0.29) is 40.7 Å². The highest BCUT2D eigenvalue weighted by Crippen LogP contribution is 2.52. The summed E-state index contributed by atoms with van der Waals surface area (Å²) in [6.45, 7) is -0.585. The summed E-state index contributed by atoms with van der Waals surface area (Å²) in [5, 5.41) is 18.7. The second-order valence-corrected chi connectivity index (χ2v) is 8.53. The maximum atomic E-state index is 13.7. The van der Waals surface area contributed by atoms with Crippen LogP contribution in [0.3, 0.4) is 0 Å². The molecule has 1 saturated heterocycles. The second kappa shape index (κ2) is 8.75. The monoisotopic (exact) mass is 478 g/mol. The zero-order valence-electron chi connectivity index (χ0n) is 18.2. The van der Waals surface area contributed by atoms with Crippen LogP contribution in [-0.2, 0) is 14.4 Å². The Bertz CT molecular complexity index is 1280. The summed E-state index contributed by atoms with van der Waals surface area (Å²) >= 11 is 0. The summed E-state index contributed by atoms with van der Waals surface area (Å²) in [7, 11) is 0. The Balaban J connectivity index is 1.26. The van der Waals surface area contributed by atoms with Crippen LogP contribution in [0.25, 0.3) is 0 Å². The molecule has 0 radical (unpaired) electrons. The molecule has 2 fully saturated rings. The van der Waals surface area contributed by atoms with Crippen molar-refractivity contribution in [2.24, 2.45) is 28.8 Å². The van der Waals surface area contributed by atoms with Crippen molar-refractivity contribution >= 4 is 35.3 Å². The van der Waals surface area contributed by atoms with E-state index in [0.29, 0.717) is 0 Å². The molecule has 2 aliphatic carbocycles. The number of imide groups is 1. The molecule has 3 aliphatic rings. The molecule has 1 heterocycles. The number of hydrazone groups is 1. The topological polar surface area (TPSA) is 131 Å². The number of para-hydroxylation sites is 1. The Labute approximate surface area is 198 Å². The van der Waals surface area contributed by atoms with E-state index in [9.17, 15) is 28.9 Å². The molecule has 5 rings (SSSR count). The maximum Gasteiger partial charge on any atom is 0.311 e. The highest BCUT2D eigenvalue weighted by molar-refractivity contribution is 6.06. The molecule has 10 nitrogen and oxygen atoms in total. The number of rotatable bonds is 7. The number of ether oxygens (including phenoxy) is 1. The fraction of sp³-hybridized carbons (Fsp3) is 0.250. The highest BCUT2D eigenvalue weighted by atomic mass is 19.1. The van der Waals surface area contributed by atoms with Crippen LogP contribution in [0.5, 0.6) is 5.75 Å². The largest absolute Gasteiger partial charge is 0.477 e. The van der Waals surface area contributed by atoms with Gasteiger partial charge in [-0.05, 0) is 42.5 Å². The van der Waals surface area contributed by atoms with Crippen molar-refractivity contribution in [1.82, 2.24) is 5.01 Å². The molecule has 4 unspecified atom stereocenters. The third-order valence-electron chi connectivity index (χ3n) is 6.46. The lowest BCUT2D eigenvalue weighted by atomic mass is 9.85. The Kier molecular flexibility index (Phi) is 5.59. The van der Waals surface area contributed by atoms with Crippen molar-refractivity contribution in [3.8, 4) is 5.75 Å². The highest BCUT2D eigenvalue weighted by Gasteiger charge is 2.59. The first-order chi connectivity index (χ1) is 16.8. The molecule has 4 atom stereocenters. The van der Waals surface area contributed by atoms with E-state index in [1.165, 1.54) is 36.5 Å². The van der Waals surface area contributed by atoms with E-state index in [1.807, 2.05) is 12.2 Å². The quantitative estimate of drug-likeness (QED) is 0.214. The lowest BCUT2D eigenvalue weighted by Crippen LogP contribution is -2.28. The number of carbonyl (C=O) groups is 3. The third kappa shape index (κ3) is 4.05. The Hall–Kier alpha value is -4.41. The smallest absolute Gasteiger partial charge is 0.311 e. The summed E-state index contributed by atoms with van der Waals surface area (Å²) < 4.78 is 18.9. The van der Waals surface area contributed by atoms with Gasteiger partial charge in [0.1, 0.15) is 5.82 Å². The summed E-state index contributed by atoms with van der Waals surface area (Å²) in [6, 6.07) is 9.44. The Morgan fingerprint density at radius 1 is 1.17 bits per heavy atom. The van der Waals surface area contributed by atoms with Crippen LogP contribution in [0.1, 0.15) is 12.0 Å². The zero-order valence-corrected chi connectivity index (χ0v) is 18.2. The molecule has 2 aromatic rings. The van der Waals surface area contributed by atoms with Crippen molar-refractivity contribution < 1.29 is 28.4 Å². The predicted molar refractivity (Wildman–Crippen MR) is 121 cm³/mol. The van der Waals surface area contributed by atoms with Crippen LogP contribution in [0.15, 0.2) is 59.7 Å². The maximum absolute atomic E-state index is 13.7. The van der Waals surface area contributed by atoms with E-state index in [4.69, 9.17) is 4.74 Å². The van der Waals surface area contributed by atoms with Crippen molar-refractivity contribution in [3.63, 3.8) is 0 Å². The zero-order chi connectivity index (χ0) is 24.7. The third-order valence-corrected chi connectivity index (χ3v) is 6.46. The Morgan fingerprint density at radius 3 is 2.51 bits per heavy atom. The lowest BCUT2D eigenvalue weighted by Gasteiger charge is -2.13. The van der Waals surface area contributed by atoms with Crippen molar-refractivity contribution in [2.75, 3.05) is 11.9 Å². The van der Waals surface area contributed by atoms with Crippen LogP contribution in [0.4, 0.5) is 15.8 Å². The Morgan fingerprint density at radius 2 is 1.86 bits per heavy atom. The summed E-state index contributed by atoms with van der Waals surface area (Å²) in [5.41, 5.74) is -0.217. The molecular weight excluding hydrogens is 459 g/mol. The van der Waals surface area contributed by atoms with Crippen LogP contribution in [0.2, 0.25) is 0 Å². The van der Waals surface area contributed by atoms with Crippen molar-refractivity contribution in [2.45, 2.75) is 6.42 Å². The van der Waals surface area contributed by atoms with E-state index in [2.05, 4.69) is 10.4 Å². The molecule has 2 bridgehead atoms. The number of fused-ring (bicyclic) bond motifs is 5. The molecule has 1 N–H and O–H groups in total. The van der Waals surface area contributed by atoms with E-state index >= 15 is 0 Å². The molecule has 1 saturated carbocycles. The van der Waals surface area contributed by atoms with Gasteiger partial charge in [0.15, 0.2) is 12.4 Å². The number of nitro groups is 1. The van der Waals surface area contributed by atoms with Crippen molar-refractivity contribution in [1.29, 1.82) is 0 Å². The van der Waals surface area contributed by atoms with Crippen molar-refractivity contribution in [3.05, 3.63) is 76.1 Å². The molecule has 2 aromatic carbocycles. The molecule has 3 amide bonds. The van der Waals surface area contributed by atoms with Gasteiger partial charge in [-0.15, -0.1) is 0 Å². The number of allylic oxidation sites excluding steroid dienone is 2. The number of hydrogen-bond donors (Lipinski definition) is 1. The van der Waals surface area contributed by atoms with Gasteiger partial charge in [-0.3, -0.25) is 24.5 Å². The summed E-state index contributed by atoms with van der Waals surface area (Å²) in [5.74, 6) is -2.91. The van der Waals surface area contributed by atoms with Gasteiger partial charge in [0.05, 0.1) is 28.7 Å². The van der Waals surface area contributed by atoms with E-state index in [0.717, 1.165) is 17.5 Å². The number of nitrogens with zero attached hydrogens (tertiary/aromatic N) is 3. The first kappa shape index (κ1) is 22.4. The lowest BCUT2D eigenvalue weighted by molar-refractivity contribution is -0.385. The molecule has 0 spiro atoms. The van der Waals surface area contributed by atoms with Gasteiger partial charge in [-0.25, -0.2) is 4.39 Å². The minimum Gasteiger partial charge on any atom is -0.477 e. The molecule has 178 valence electrons. The van der Waals surface area contributed by atoms with E-state index in [1.54, 1.807) is 6.07 Å². The standard InChI is InChI=1S/C24H19FN4O6/c25-16-3-1-2-4-17(16)27-20(30)12-35-19-8-5-13(9-18(19)29(33)34)11-26-28-23(31)21-14-6-7-15(10-14)22(21)24(28)32/h1-9,11,14-15,21-22H,10,12H2,(H,27,30). The van der Waals surface area contributed by atoms with Gasteiger partial charge >= 0.3 is 5.69 Å². The molecule has 35 heavy (non-hydrogen) atoms. The summed E-state index contributed by atoms with van der Waals surface area (Å²) in [4.78, 5) is 48.3. The molecule has 1 aliphatic heterocycles. The first-order valence-corrected chi connectivity index (χ1v) is 10.9. The van der Waals surface area contributed by atoms with Gasteiger partial charge in [-0.1, -0.05) is 24.3 Å². The predicted octanol–water partition coefficient (Wildman–Crippen LogP) is 2.89. The minimum absolute atomic E-state index is 0.0407. The number of halogens is 1. The average molecular weight is 478 g/mol. The number of hydrogen-bond acceptors (Lipinski definition) is 7. The van der Waals surface area contributed by atoms with Gasteiger partial charge in [0, 0.05) is 11.6 Å². The number of benzene rings is 2. The van der Waals surface area contributed by atoms with Crippen LogP contribution in [0, 0.1) is 39.6 Å². The number of nitro benzene ring substituents is 1. The average Bonchev–Trinajstić information content (AvgIpc) is 3.52. The normalized spacial score (nSPS) is 24.3. The van der Waals surface area contributed by atoms with Gasteiger partial charge in [0.25, 0.3) is 17.7 Å². The number of nitrogens with one attached hydrogen (secondary N) is 1. The van der Waals surface area contributed by atoms with Crippen LogP contribution >= 0.6 is 0 Å². The van der Waals surface area contributed by atoms with Crippen LogP contribution in [-0.4, -0.2) is 40.5 Å². The number of anilines is 1. The van der Waals surface area contributed by atoms with Gasteiger partial charge in [-0.2, -0.15) is 10.1 Å². The fourth-order valence-electron chi connectivity index (χ4n) is 4.90. The van der Waals surface area contributed by atoms with Gasteiger partial charge < -0.3 is 10.1 Å². The van der Waals surface area contributed by atoms with Crippen LogP contribution < -0.4 is 10.1 Å². The fourth-order valence-corrected chi connectivity index (χ4v) is 4.90. The minimum atomic E-state index is -0.699. The second-order valence-electron chi connectivity index (χ2n) is 8.53. The molecular formula is C24H19FN4O6. The first-order valence-electron chi connectivity index (χ1n) is 10.9. The number of carbonyl (C=O) groups excluding carboxylic acids is 3. The molecule has 0 aromatic heterocycles. The molecule has 11 heteroatoms. The van der Waals surface area contributed by atoms with E-state index < -0.39 is 40.8 Å². The van der Waals surface area contributed by atoms with Gasteiger partial charge in [0.2, 0.25) is 0 Å². The number of amides is 3. The SMILES string of the molecule is O=C(COc1ccc(C=NN2C(=O)C3C4C=CC(C4)C3C2=O)cc1[N+](=O)[O-])Nc1ccccc1F. The summed E-state index contributed by atoms with van der Waals surface area (Å²) in [6.07, 6.45) is 5.95.